The number of carbonyl (C=O) groups is 1. The molecule has 0 radical (unpaired) electrons. The summed E-state index contributed by atoms with van der Waals surface area (Å²) >= 11 is 0. The van der Waals surface area contributed by atoms with E-state index in [0.717, 1.165) is 6.42 Å². The van der Waals surface area contributed by atoms with Crippen molar-refractivity contribution in [2.24, 2.45) is 5.92 Å². The molecule has 0 spiro atoms. The van der Waals surface area contributed by atoms with Crippen LogP contribution in [0.25, 0.3) is 0 Å². The minimum atomic E-state index is -0.227. The molecule has 0 aromatic heterocycles. The standard InChI is InChI=1S/C15H23NO2/c1-11(2)9-14(15(17)18-4)16-10-13-8-6-5-7-12(13)3/h5-8,11,14,16H,9-10H2,1-4H3. The highest BCUT2D eigenvalue weighted by Gasteiger charge is 2.19. The first-order valence-electron chi connectivity index (χ1n) is 6.40. The summed E-state index contributed by atoms with van der Waals surface area (Å²) in [6.45, 7) is 6.97. The average molecular weight is 249 g/mol. The van der Waals surface area contributed by atoms with Gasteiger partial charge in [-0.1, -0.05) is 38.1 Å². The van der Waals surface area contributed by atoms with Crippen molar-refractivity contribution in [2.45, 2.75) is 39.8 Å². The molecule has 1 atom stereocenters. The summed E-state index contributed by atoms with van der Waals surface area (Å²) in [7, 11) is 1.44. The van der Waals surface area contributed by atoms with Gasteiger partial charge in [0.15, 0.2) is 0 Å². The predicted octanol–water partition coefficient (Wildman–Crippen LogP) is 2.67. The lowest BCUT2D eigenvalue weighted by Crippen LogP contribution is -2.38. The topological polar surface area (TPSA) is 38.3 Å². The summed E-state index contributed by atoms with van der Waals surface area (Å²) in [6.07, 6.45) is 0.790. The molecule has 0 saturated heterocycles. The van der Waals surface area contributed by atoms with Crippen LogP contribution in [-0.4, -0.2) is 19.1 Å². The second-order valence-corrected chi connectivity index (χ2v) is 5.01. The van der Waals surface area contributed by atoms with Crippen LogP contribution in [0.3, 0.4) is 0 Å². The van der Waals surface area contributed by atoms with E-state index < -0.39 is 0 Å². The summed E-state index contributed by atoms with van der Waals surface area (Å²) in [5.74, 6) is 0.274. The Labute approximate surface area is 110 Å². The SMILES string of the molecule is COC(=O)C(CC(C)C)NCc1ccccc1C. The largest absolute Gasteiger partial charge is 0.468 e. The number of hydrogen-bond acceptors (Lipinski definition) is 3. The zero-order chi connectivity index (χ0) is 13.5. The maximum atomic E-state index is 11.7. The Bertz CT molecular complexity index is 388. The van der Waals surface area contributed by atoms with Gasteiger partial charge in [0.25, 0.3) is 0 Å². The molecule has 0 amide bonds. The Hall–Kier alpha value is -1.35. The highest BCUT2D eigenvalue weighted by molar-refractivity contribution is 5.75. The van der Waals surface area contributed by atoms with Gasteiger partial charge >= 0.3 is 5.97 Å². The fraction of sp³-hybridized carbons (Fsp3) is 0.533. The van der Waals surface area contributed by atoms with Crippen molar-refractivity contribution >= 4 is 5.97 Å². The van der Waals surface area contributed by atoms with E-state index in [9.17, 15) is 4.79 Å². The molecule has 1 aromatic carbocycles. The molecule has 0 aliphatic carbocycles. The van der Waals surface area contributed by atoms with Crippen molar-refractivity contribution in [1.29, 1.82) is 0 Å². The number of rotatable bonds is 6. The smallest absolute Gasteiger partial charge is 0.322 e. The van der Waals surface area contributed by atoms with Crippen molar-refractivity contribution in [3.63, 3.8) is 0 Å². The molecule has 0 saturated carbocycles. The lowest BCUT2D eigenvalue weighted by atomic mass is 10.0. The Morgan fingerprint density at radius 2 is 2.00 bits per heavy atom. The summed E-state index contributed by atoms with van der Waals surface area (Å²) in [5, 5.41) is 3.28. The van der Waals surface area contributed by atoms with E-state index in [1.807, 2.05) is 12.1 Å². The Morgan fingerprint density at radius 1 is 1.33 bits per heavy atom. The predicted molar refractivity (Wildman–Crippen MR) is 73.3 cm³/mol. The third kappa shape index (κ3) is 4.49. The van der Waals surface area contributed by atoms with E-state index in [4.69, 9.17) is 4.74 Å². The molecule has 0 heterocycles. The van der Waals surface area contributed by atoms with Gasteiger partial charge in [-0.2, -0.15) is 0 Å². The first-order chi connectivity index (χ1) is 8.54. The molecule has 1 rings (SSSR count). The molecule has 3 nitrogen and oxygen atoms in total. The van der Waals surface area contributed by atoms with Crippen molar-refractivity contribution in [2.75, 3.05) is 7.11 Å². The second-order valence-electron chi connectivity index (χ2n) is 5.01. The fourth-order valence-corrected chi connectivity index (χ4v) is 1.92. The first-order valence-corrected chi connectivity index (χ1v) is 6.40. The van der Waals surface area contributed by atoms with E-state index in [1.165, 1.54) is 18.2 Å². The number of aryl methyl sites for hydroxylation is 1. The molecule has 1 aromatic rings. The summed E-state index contributed by atoms with van der Waals surface area (Å²) in [6, 6.07) is 7.96. The molecule has 18 heavy (non-hydrogen) atoms. The van der Waals surface area contributed by atoms with Crippen LogP contribution in [0, 0.1) is 12.8 Å². The Morgan fingerprint density at radius 3 is 2.56 bits per heavy atom. The van der Waals surface area contributed by atoms with Crippen LogP contribution in [0.15, 0.2) is 24.3 Å². The number of methoxy groups -OCH3 is 1. The van der Waals surface area contributed by atoms with Gasteiger partial charge in [-0.05, 0) is 30.4 Å². The van der Waals surface area contributed by atoms with Crippen LogP contribution < -0.4 is 5.32 Å². The van der Waals surface area contributed by atoms with Crippen LogP contribution in [0.4, 0.5) is 0 Å². The Balaban J connectivity index is 2.62. The average Bonchev–Trinajstić information content (AvgIpc) is 2.34. The van der Waals surface area contributed by atoms with Gasteiger partial charge in [-0.15, -0.1) is 0 Å². The van der Waals surface area contributed by atoms with Crippen molar-refractivity contribution in [3.8, 4) is 0 Å². The lowest BCUT2D eigenvalue weighted by Gasteiger charge is -2.19. The molecule has 3 heteroatoms. The van der Waals surface area contributed by atoms with Crippen molar-refractivity contribution in [3.05, 3.63) is 35.4 Å². The molecule has 100 valence electrons. The molecule has 0 aliphatic heterocycles. The lowest BCUT2D eigenvalue weighted by molar-refractivity contribution is -0.143. The van der Waals surface area contributed by atoms with Gasteiger partial charge in [-0.25, -0.2) is 0 Å². The van der Waals surface area contributed by atoms with Gasteiger partial charge in [0.05, 0.1) is 7.11 Å². The number of carbonyl (C=O) groups excluding carboxylic acids is 1. The maximum absolute atomic E-state index is 11.7. The van der Waals surface area contributed by atoms with E-state index in [-0.39, 0.29) is 12.0 Å². The molecule has 1 N–H and O–H groups in total. The normalized spacial score (nSPS) is 12.5. The van der Waals surface area contributed by atoms with Crippen LogP contribution in [0.5, 0.6) is 0 Å². The van der Waals surface area contributed by atoms with E-state index in [2.05, 4.69) is 38.2 Å². The monoisotopic (exact) mass is 249 g/mol. The molecule has 0 fully saturated rings. The second kappa shape index (κ2) is 7.17. The molecule has 1 unspecified atom stereocenters. The fourth-order valence-electron chi connectivity index (χ4n) is 1.92. The van der Waals surface area contributed by atoms with Gasteiger partial charge < -0.3 is 10.1 Å². The van der Waals surface area contributed by atoms with Gasteiger partial charge in [0.1, 0.15) is 6.04 Å². The summed E-state index contributed by atoms with van der Waals surface area (Å²) in [4.78, 5) is 11.7. The number of ether oxygens (including phenoxy) is 1. The summed E-state index contributed by atoms with van der Waals surface area (Å²) in [5.41, 5.74) is 2.45. The van der Waals surface area contributed by atoms with E-state index in [1.54, 1.807) is 0 Å². The van der Waals surface area contributed by atoms with Crippen LogP contribution >= 0.6 is 0 Å². The van der Waals surface area contributed by atoms with Gasteiger partial charge in [0, 0.05) is 6.54 Å². The van der Waals surface area contributed by atoms with Gasteiger partial charge in [0.2, 0.25) is 0 Å². The van der Waals surface area contributed by atoms with Crippen LogP contribution in [0.1, 0.15) is 31.4 Å². The maximum Gasteiger partial charge on any atom is 0.322 e. The molecular formula is C15H23NO2. The van der Waals surface area contributed by atoms with E-state index in [0.29, 0.717) is 12.5 Å². The third-order valence-electron chi connectivity index (χ3n) is 2.99. The summed E-state index contributed by atoms with van der Waals surface area (Å²) < 4.78 is 4.83. The number of nitrogens with one attached hydrogen (secondary N) is 1. The minimum Gasteiger partial charge on any atom is -0.468 e. The quantitative estimate of drug-likeness (QED) is 0.788. The van der Waals surface area contributed by atoms with Crippen LogP contribution in [-0.2, 0) is 16.1 Å². The molecule has 0 aliphatic rings. The minimum absolute atomic E-state index is 0.183. The molecular weight excluding hydrogens is 226 g/mol. The highest BCUT2D eigenvalue weighted by Crippen LogP contribution is 2.10. The van der Waals surface area contributed by atoms with Crippen LogP contribution in [0.2, 0.25) is 0 Å². The zero-order valence-electron chi connectivity index (χ0n) is 11.7. The van der Waals surface area contributed by atoms with E-state index >= 15 is 0 Å². The van der Waals surface area contributed by atoms with Crippen molar-refractivity contribution < 1.29 is 9.53 Å². The third-order valence-corrected chi connectivity index (χ3v) is 2.99. The first kappa shape index (κ1) is 14.7. The number of hydrogen-bond donors (Lipinski definition) is 1. The zero-order valence-corrected chi connectivity index (χ0v) is 11.7. The number of esters is 1. The van der Waals surface area contributed by atoms with Crippen molar-refractivity contribution in [1.82, 2.24) is 5.32 Å². The number of benzene rings is 1. The Kier molecular flexibility index (Phi) is 5.86. The molecule has 0 bridgehead atoms. The highest BCUT2D eigenvalue weighted by atomic mass is 16.5. The van der Waals surface area contributed by atoms with Gasteiger partial charge in [-0.3, -0.25) is 4.79 Å².